The van der Waals surface area contributed by atoms with E-state index in [1.165, 1.54) is 6.07 Å². The predicted molar refractivity (Wildman–Crippen MR) is 74.7 cm³/mol. The van der Waals surface area contributed by atoms with Gasteiger partial charge in [-0.05, 0) is 30.7 Å². The van der Waals surface area contributed by atoms with E-state index in [1.54, 1.807) is 16.8 Å². The number of nitrogens with zero attached hydrogens (tertiary/aromatic N) is 3. The summed E-state index contributed by atoms with van der Waals surface area (Å²) in [5.74, 6) is -0.952. The van der Waals surface area contributed by atoms with Crippen LogP contribution in [0.3, 0.4) is 0 Å². The molecule has 0 fully saturated rings. The average molecular weight is 267 g/mol. The van der Waals surface area contributed by atoms with Crippen LogP contribution in [0.2, 0.25) is 0 Å². The van der Waals surface area contributed by atoms with Crippen LogP contribution in [-0.2, 0) is 0 Å². The minimum atomic E-state index is -0.952. The van der Waals surface area contributed by atoms with Crippen molar-refractivity contribution in [2.24, 2.45) is 0 Å². The molecule has 0 spiro atoms. The molecule has 0 radical (unpaired) electrons. The van der Waals surface area contributed by atoms with E-state index in [9.17, 15) is 4.79 Å². The van der Waals surface area contributed by atoms with E-state index in [0.29, 0.717) is 5.52 Å². The molecule has 5 heteroatoms. The molecule has 0 amide bonds. The Hall–Kier alpha value is -2.69. The van der Waals surface area contributed by atoms with Crippen molar-refractivity contribution < 1.29 is 9.90 Å². The van der Waals surface area contributed by atoms with E-state index in [-0.39, 0.29) is 11.6 Å². The van der Waals surface area contributed by atoms with Gasteiger partial charge in [-0.15, -0.1) is 5.10 Å². The molecular formula is C15H13N3O2. The quantitative estimate of drug-likeness (QED) is 0.792. The third kappa shape index (κ3) is 2.03. The summed E-state index contributed by atoms with van der Waals surface area (Å²) in [5.41, 5.74) is 2.75. The zero-order valence-corrected chi connectivity index (χ0v) is 10.9. The first-order valence-electron chi connectivity index (χ1n) is 6.30. The number of rotatable bonds is 3. The molecule has 0 bridgehead atoms. The van der Waals surface area contributed by atoms with E-state index >= 15 is 0 Å². The Kier molecular flexibility index (Phi) is 2.95. The van der Waals surface area contributed by atoms with Crippen molar-refractivity contribution in [1.82, 2.24) is 15.0 Å². The first kappa shape index (κ1) is 12.3. The second kappa shape index (κ2) is 4.77. The summed E-state index contributed by atoms with van der Waals surface area (Å²) in [7, 11) is 0. The van der Waals surface area contributed by atoms with E-state index in [0.717, 1.165) is 11.1 Å². The molecule has 0 saturated carbocycles. The number of benzene rings is 2. The third-order valence-corrected chi connectivity index (χ3v) is 3.37. The van der Waals surface area contributed by atoms with Crippen molar-refractivity contribution >= 4 is 17.0 Å². The maximum absolute atomic E-state index is 11.1. The van der Waals surface area contributed by atoms with Gasteiger partial charge in [-0.3, -0.25) is 0 Å². The lowest BCUT2D eigenvalue weighted by Gasteiger charge is -2.12. The van der Waals surface area contributed by atoms with Crippen molar-refractivity contribution in [2.75, 3.05) is 0 Å². The second-order valence-electron chi connectivity index (χ2n) is 4.63. The minimum absolute atomic E-state index is 0.00903. The Morgan fingerprint density at radius 2 is 1.95 bits per heavy atom. The van der Waals surface area contributed by atoms with Crippen molar-refractivity contribution in [3.63, 3.8) is 0 Å². The lowest BCUT2D eigenvalue weighted by atomic mass is 10.1. The first-order valence-corrected chi connectivity index (χ1v) is 6.30. The van der Waals surface area contributed by atoms with Crippen molar-refractivity contribution in [3.05, 3.63) is 59.7 Å². The molecule has 0 aliphatic rings. The van der Waals surface area contributed by atoms with Crippen LogP contribution in [-0.4, -0.2) is 26.1 Å². The SMILES string of the molecule is CC(c1ccccc1)n1nnc2ccc(C(=O)O)cc21. The van der Waals surface area contributed by atoms with Gasteiger partial charge in [-0.2, -0.15) is 0 Å². The Labute approximate surface area is 115 Å². The van der Waals surface area contributed by atoms with Crippen LogP contribution >= 0.6 is 0 Å². The van der Waals surface area contributed by atoms with Gasteiger partial charge in [-0.25, -0.2) is 9.48 Å². The fourth-order valence-corrected chi connectivity index (χ4v) is 2.23. The monoisotopic (exact) mass is 267 g/mol. The molecule has 1 N–H and O–H groups in total. The molecule has 0 aliphatic carbocycles. The maximum atomic E-state index is 11.1. The molecule has 100 valence electrons. The highest BCUT2D eigenvalue weighted by atomic mass is 16.4. The standard InChI is InChI=1S/C15H13N3O2/c1-10(11-5-3-2-4-6-11)18-14-9-12(15(19)20)7-8-13(14)16-17-18/h2-10H,1H3,(H,19,20). The molecule has 1 aromatic heterocycles. The van der Waals surface area contributed by atoms with Crippen LogP contribution in [0.1, 0.15) is 28.9 Å². The molecule has 2 aromatic carbocycles. The van der Waals surface area contributed by atoms with Gasteiger partial charge in [-0.1, -0.05) is 35.5 Å². The number of carbonyl (C=O) groups is 1. The summed E-state index contributed by atoms with van der Waals surface area (Å²) in [4.78, 5) is 11.1. The highest BCUT2D eigenvalue weighted by Gasteiger charge is 2.14. The van der Waals surface area contributed by atoms with E-state index < -0.39 is 5.97 Å². The van der Waals surface area contributed by atoms with Crippen LogP contribution in [0.15, 0.2) is 48.5 Å². The van der Waals surface area contributed by atoms with Crippen LogP contribution in [0.5, 0.6) is 0 Å². The zero-order valence-electron chi connectivity index (χ0n) is 10.9. The van der Waals surface area contributed by atoms with E-state index in [4.69, 9.17) is 5.11 Å². The number of aromatic nitrogens is 3. The highest BCUT2D eigenvalue weighted by molar-refractivity contribution is 5.92. The number of fused-ring (bicyclic) bond motifs is 1. The first-order chi connectivity index (χ1) is 9.66. The average Bonchev–Trinajstić information content (AvgIpc) is 2.90. The molecule has 5 nitrogen and oxygen atoms in total. The van der Waals surface area contributed by atoms with Crippen molar-refractivity contribution in [2.45, 2.75) is 13.0 Å². The summed E-state index contributed by atoms with van der Waals surface area (Å²) in [6.07, 6.45) is 0. The lowest BCUT2D eigenvalue weighted by Crippen LogP contribution is -2.08. The number of carboxylic acids is 1. The highest BCUT2D eigenvalue weighted by Crippen LogP contribution is 2.22. The molecule has 3 rings (SSSR count). The fraction of sp³-hybridized carbons (Fsp3) is 0.133. The summed E-state index contributed by atoms with van der Waals surface area (Å²) in [5, 5.41) is 17.3. The fourth-order valence-electron chi connectivity index (χ4n) is 2.23. The summed E-state index contributed by atoms with van der Waals surface area (Å²) < 4.78 is 1.75. The topological polar surface area (TPSA) is 68.0 Å². The number of carboxylic acid groups (broad SMARTS) is 1. The van der Waals surface area contributed by atoms with Crippen molar-refractivity contribution in [1.29, 1.82) is 0 Å². The Balaban J connectivity index is 2.12. The molecule has 0 saturated heterocycles. The Bertz CT molecular complexity index is 765. The zero-order chi connectivity index (χ0) is 14.1. The van der Waals surface area contributed by atoms with Gasteiger partial charge in [0.05, 0.1) is 17.1 Å². The van der Waals surface area contributed by atoms with Gasteiger partial charge >= 0.3 is 5.97 Å². The van der Waals surface area contributed by atoms with Gasteiger partial charge in [0.1, 0.15) is 5.52 Å². The van der Waals surface area contributed by atoms with Gasteiger partial charge in [0.15, 0.2) is 0 Å². The van der Waals surface area contributed by atoms with Gasteiger partial charge in [0, 0.05) is 0 Å². The molecule has 0 aliphatic heterocycles. The van der Waals surface area contributed by atoms with Gasteiger partial charge < -0.3 is 5.11 Å². The minimum Gasteiger partial charge on any atom is -0.478 e. The number of hydrogen-bond donors (Lipinski definition) is 1. The summed E-state index contributed by atoms with van der Waals surface area (Å²) in [6.45, 7) is 2.01. The van der Waals surface area contributed by atoms with Crippen LogP contribution in [0.4, 0.5) is 0 Å². The Morgan fingerprint density at radius 1 is 1.20 bits per heavy atom. The predicted octanol–water partition coefficient (Wildman–Crippen LogP) is 2.74. The summed E-state index contributed by atoms with van der Waals surface area (Å²) >= 11 is 0. The third-order valence-electron chi connectivity index (χ3n) is 3.37. The van der Waals surface area contributed by atoms with Crippen LogP contribution in [0, 0.1) is 0 Å². The second-order valence-corrected chi connectivity index (χ2v) is 4.63. The van der Waals surface area contributed by atoms with E-state index in [1.807, 2.05) is 37.3 Å². The maximum Gasteiger partial charge on any atom is 0.335 e. The number of hydrogen-bond acceptors (Lipinski definition) is 3. The largest absolute Gasteiger partial charge is 0.478 e. The Morgan fingerprint density at radius 3 is 2.65 bits per heavy atom. The molecule has 20 heavy (non-hydrogen) atoms. The molecule has 1 heterocycles. The smallest absolute Gasteiger partial charge is 0.335 e. The number of aromatic carboxylic acids is 1. The molecule has 1 atom stereocenters. The molecular weight excluding hydrogens is 254 g/mol. The van der Waals surface area contributed by atoms with Gasteiger partial charge in [0.25, 0.3) is 0 Å². The van der Waals surface area contributed by atoms with Gasteiger partial charge in [0.2, 0.25) is 0 Å². The van der Waals surface area contributed by atoms with E-state index in [2.05, 4.69) is 10.3 Å². The van der Waals surface area contributed by atoms with Crippen LogP contribution in [0.25, 0.3) is 11.0 Å². The lowest BCUT2D eigenvalue weighted by molar-refractivity contribution is 0.0697. The normalized spacial score (nSPS) is 12.4. The van der Waals surface area contributed by atoms with Crippen LogP contribution < -0.4 is 0 Å². The molecule has 3 aromatic rings. The summed E-state index contributed by atoms with van der Waals surface area (Å²) in [6, 6.07) is 14.7. The molecule has 1 unspecified atom stereocenters. The van der Waals surface area contributed by atoms with Crippen molar-refractivity contribution in [3.8, 4) is 0 Å².